The maximum absolute atomic E-state index is 13.0. The number of amides is 1. The van der Waals surface area contributed by atoms with Gasteiger partial charge in [0.25, 0.3) is 5.91 Å². The fraction of sp³-hybridized carbons (Fsp3) is 0.292. The number of hydrogen-bond acceptors (Lipinski definition) is 8. The minimum absolute atomic E-state index is 0.0558. The molecule has 172 valence electrons. The van der Waals surface area contributed by atoms with Gasteiger partial charge in [-0.25, -0.2) is 4.98 Å². The van der Waals surface area contributed by atoms with E-state index < -0.39 is 0 Å². The summed E-state index contributed by atoms with van der Waals surface area (Å²) in [7, 11) is 3.18. The summed E-state index contributed by atoms with van der Waals surface area (Å²) >= 11 is 1.38. The van der Waals surface area contributed by atoms with Crippen LogP contribution in [-0.4, -0.2) is 62.0 Å². The predicted octanol–water partition coefficient (Wildman–Crippen LogP) is 4.07. The number of Topliss-reactive ketones (excluding diaryl/α,β-unsaturated/α-hetero) is 1. The van der Waals surface area contributed by atoms with Gasteiger partial charge in [0.2, 0.25) is 0 Å². The van der Waals surface area contributed by atoms with E-state index in [9.17, 15) is 9.59 Å². The molecule has 1 fully saturated rings. The van der Waals surface area contributed by atoms with Crippen LogP contribution in [0.2, 0.25) is 0 Å². The van der Waals surface area contributed by atoms with Crippen molar-refractivity contribution in [3.63, 3.8) is 0 Å². The molecule has 0 atom stereocenters. The van der Waals surface area contributed by atoms with Gasteiger partial charge < -0.3 is 24.6 Å². The molecule has 0 unspecified atom stereocenters. The predicted molar refractivity (Wildman–Crippen MR) is 130 cm³/mol. The highest BCUT2D eigenvalue weighted by Gasteiger charge is 2.24. The van der Waals surface area contributed by atoms with Crippen molar-refractivity contribution >= 4 is 39.5 Å². The van der Waals surface area contributed by atoms with Crippen molar-refractivity contribution in [1.82, 2.24) is 9.88 Å². The number of carbonyl (C=O) groups excluding carboxylic acids is 2. The monoisotopic (exact) mass is 466 g/mol. The number of nitrogens with one attached hydrogen (secondary N) is 1. The quantitative estimate of drug-likeness (QED) is 0.526. The molecule has 0 aliphatic carbocycles. The Hall–Kier alpha value is -3.59. The summed E-state index contributed by atoms with van der Waals surface area (Å²) in [5.41, 5.74) is 2.99. The molecule has 1 aliphatic rings. The normalized spacial score (nSPS) is 13.5. The SMILES string of the molecule is COc1ccc(Nc2nc(C(=O)N3CCN(c4ccc(C(C)=O)cc4)CC3)cs2)cc1OC. The highest BCUT2D eigenvalue weighted by Crippen LogP contribution is 2.32. The second kappa shape index (κ2) is 9.91. The number of piperazine rings is 1. The van der Waals surface area contributed by atoms with Crippen LogP contribution in [0.1, 0.15) is 27.8 Å². The molecule has 9 heteroatoms. The zero-order valence-corrected chi connectivity index (χ0v) is 19.6. The highest BCUT2D eigenvalue weighted by atomic mass is 32.1. The standard InChI is InChI=1S/C24H26N4O4S/c1-16(29)17-4-7-19(8-5-17)27-10-12-28(13-11-27)23(30)20-15-33-24(26-20)25-18-6-9-21(31-2)22(14-18)32-3/h4-9,14-15H,10-13H2,1-3H3,(H,25,26). The maximum atomic E-state index is 13.0. The van der Waals surface area contributed by atoms with Crippen molar-refractivity contribution in [2.45, 2.75) is 6.92 Å². The Balaban J connectivity index is 1.35. The minimum atomic E-state index is -0.0711. The van der Waals surface area contributed by atoms with Gasteiger partial charge in [0.1, 0.15) is 5.69 Å². The van der Waals surface area contributed by atoms with E-state index in [4.69, 9.17) is 9.47 Å². The fourth-order valence-electron chi connectivity index (χ4n) is 3.70. The topological polar surface area (TPSA) is 84.0 Å². The maximum Gasteiger partial charge on any atom is 0.273 e. The van der Waals surface area contributed by atoms with Gasteiger partial charge in [0.05, 0.1) is 14.2 Å². The Labute approximate surface area is 196 Å². The second-order valence-electron chi connectivity index (χ2n) is 7.61. The number of nitrogens with zero attached hydrogens (tertiary/aromatic N) is 3. The van der Waals surface area contributed by atoms with E-state index in [-0.39, 0.29) is 11.7 Å². The Morgan fingerprint density at radius 2 is 1.67 bits per heavy atom. The van der Waals surface area contributed by atoms with Gasteiger partial charge in [0.15, 0.2) is 22.4 Å². The molecule has 1 saturated heterocycles. The molecular formula is C24H26N4O4S. The number of methoxy groups -OCH3 is 2. The van der Waals surface area contributed by atoms with E-state index >= 15 is 0 Å². The van der Waals surface area contributed by atoms with Crippen molar-refractivity contribution in [3.8, 4) is 11.5 Å². The van der Waals surface area contributed by atoms with Crippen LogP contribution in [0.15, 0.2) is 47.8 Å². The molecule has 1 aromatic heterocycles. The fourth-order valence-corrected chi connectivity index (χ4v) is 4.41. The molecule has 1 aliphatic heterocycles. The highest BCUT2D eigenvalue weighted by molar-refractivity contribution is 7.14. The summed E-state index contributed by atoms with van der Waals surface area (Å²) in [6.07, 6.45) is 0. The average Bonchev–Trinajstić information content (AvgIpc) is 3.32. The zero-order valence-electron chi connectivity index (χ0n) is 18.8. The summed E-state index contributed by atoms with van der Waals surface area (Å²) < 4.78 is 10.6. The van der Waals surface area contributed by atoms with Crippen LogP contribution in [0.25, 0.3) is 0 Å². The molecule has 0 radical (unpaired) electrons. The van der Waals surface area contributed by atoms with E-state index in [1.165, 1.54) is 11.3 Å². The molecule has 0 bridgehead atoms. The average molecular weight is 467 g/mol. The van der Waals surface area contributed by atoms with Crippen LogP contribution < -0.4 is 19.7 Å². The third-order valence-corrected chi connectivity index (χ3v) is 6.32. The number of anilines is 3. The van der Waals surface area contributed by atoms with Crippen LogP contribution in [0.3, 0.4) is 0 Å². The molecular weight excluding hydrogens is 440 g/mol. The van der Waals surface area contributed by atoms with Crippen LogP contribution in [0, 0.1) is 0 Å². The van der Waals surface area contributed by atoms with E-state index in [0.717, 1.165) is 24.5 Å². The molecule has 3 aromatic rings. The van der Waals surface area contributed by atoms with Gasteiger partial charge in [-0.15, -0.1) is 11.3 Å². The molecule has 0 saturated carbocycles. The van der Waals surface area contributed by atoms with E-state index in [2.05, 4.69) is 15.2 Å². The summed E-state index contributed by atoms with van der Waals surface area (Å²) in [4.78, 5) is 33.0. The van der Waals surface area contributed by atoms with Crippen molar-refractivity contribution in [2.24, 2.45) is 0 Å². The Bertz CT molecular complexity index is 1140. The summed E-state index contributed by atoms with van der Waals surface area (Å²) in [6.45, 7) is 4.25. The summed E-state index contributed by atoms with van der Waals surface area (Å²) in [5, 5.41) is 5.63. The summed E-state index contributed by atoms with van der Waals surface area (Å²) in [6, 6.07) is 13.1. The first-order valence-electron chi connectivity index (χ1n) is 10.6. The molecule has 8 nitrogen and oxygen atoms in total. The first-order valence-corrected chi connectivity index (χ1v) is 11.5. The van der Waals surface area contributed by atoms with Crippen LogP contribution >= 0.6 is 11.3 Å². The van der Waals surface area contributed by atoms with E-state index in [1.807, 2.05) is 47.4 Å². The molecule has 1 N–H and O–H groups in total. The molecule has 4 rings (SSSR count). The molecule has 0 spiro atoms. The Kier molecular flexibility index (Phi) is 6.79. The van der Waals surface area contributed by atoms with E-state index in [1.54, 1.807) is 26.5 Å². The lowest BCUT2D eigenvalue weighted by Crippen LogP contribution is -2.48. The number of benzene rings is 2. The zero-order chi connectivity index (χ0) is 23.4. The third kappa shape index (κ3) is 5.09. The molecule has 33 heavy (non-hydrogen) atoms. The van der Waals surface area contributed by atoms with Gasteiger partial charge in [-0.05, 0) is 43.3 Å². The lowest BCUT2D eigenvalue weighted by atomic mass is 10.1. The minimum Gasteiger partial charge on any atom is -0.493 e. The van der Waals surface area contributed by atoms with Crippen molar-refractivity contribution in [1.29, 1.82) is 0 Å². The number of aromatic nitrogens is 1. The first kappa shape index (κ1) is 22.6. The van der Waals surface area contributed by atoms with Crippen LogP contribution in [0.4, 0.5) is 16.5 Å². The number of carbonyl (C=O) groups is 2. The Morgan fingerprint density at radius 1 is 0.970 bits per heavy atom. The first-order chi connectivity index (χ1) is 16.0. The van der Waals surface area contributed by atoms with Gasteiger partial charge in [-0.1, -0.05) is 0 Å². The molecule has 2 aromatic carbocycles. The van der Waals surface area contributed by atoms with Crippen LogP contribution in [0.5, 0.6) is 11.5 Å². The number of rotatable bonds is 7. The smallest absolute Gasteiger partial charge is 0.273 e. The lowest BCUT2D eigenvalue weighted by Gasteiger charge is -2.35. The number of thiazole rings is 1. The van der Waals surface area contributed by atoms with Crippen LogP contribution in [-0.2, 0) is 0 Å². The van der Waals surface area contributed by atoms with Gasteiger partial charge in [0, 0.05) is 54.6 Å². The summed E-state index contributed by atoms with van der Waals surface area (Å²) in [5.74, 6) is 1.24. The Morgan fingerprint density at radius 3 is 2.30 bits per heavy atom. The van der Waals surface area contributed by atoms with E-state index in [0.29, 0.717) is 41.0 Å². The van der Waals surface area contributed by atoms with Gasteiger partial charge in [-0.2, -0.15) is 0 Å². The number of ketones is 1. The third-order valence-electron chi connectivity index (χ3n) is 5.56. The van der Waals surface area contributed by atoms with Gasteiger partial charge in [-0.3, -0.25) is 9.59 Å². The van der Waals surface area contributed by atoms with Crippen molar-refractivity contribution in [3.05, 3.63) is 59.1 Å². The number of hydrogen-bond donors (Lipinski definition) is 1. The largest absolute Gasteiger partial charge is 0.493 e. The molecule has 2 heterocycles. The molecule has 1 amide bonds. The lowest BCUT2D eigenvalue weighted by molar-refractivity contribution is 0.0741. The number of ether oxygens (including phenoxy) is 2. The van der Waals surface area contributed by atoms with Crippen molar-refractivity contribution in [2.75, 3.05) is 50.6 Å². The second-order valence-corrected chi connectivity index (χ2v) is 8.47. The van der Waals surface area contributed by atoms with Crippen molar-refractivity contribution < 1.29 is 19.1 Å². The van der Waals surface area contributed by atoms with Gasteiger partial charge >= 0.3 is 0 Å².